The van der Waals surface area contributed by atoms with Crippen LogP contribution in [0.5, 0.6) is 0 Å². The summed E-state index contributed by atoms with van der Waals surface area (Å²) in [6.07, 6.45) is -3.68. The molecule has 1 aliphatic carbocycles. The molecule has 1 fully saturated rings. The second kappa shape index (κ2) is 6.71. The fourth-order valence-corrected chi connectivity index (χ4v) is 3.36. The summed E-state index contributed by atoms with van der Waals surface area (Å²) in [5.74, 6) is -1.70. The summed E-state index contributed by atoms with van der Waals surface area (Å²) >= 11 is 8.63. The largest absolute Gasteiger partial charge is 0.461 e. The van der Waals surface area contributed by atoms with E-state index in [-0.39, 0.29) is 6.61 Å². The number of halogens is 5. The normalized spacial score (nSPS) is 23.1. The molecule has 0 heterocycles. The highest BCUT2D eigenvalue weighted by atomic mass is 79.9. The van der Waals surface area contributed by atoms with Crippen LogP contribution < -0.4 is 0 Å². The predicted octanol–water partition coefficient (Wildman–Crippen LogP) is 5.76. The summed E-state index contributed by atoms with van der Waals surface area (Å²) in [7, 11) is 0. The van der Waals surface area contributed by atoms with E-state index in [2.05, 4.69) is 15.9 Å². The molecule has 7 heteroatoms. The van der Waals surface area contributed by atoms with Gasteiger partial charge < -0.3 is 4.74 Å². The molecule has 0 unspecified atom stereocenters. The molecule has 1 saturated carbocycles. The average Bonchev–Trinajstić information content (AvgIpc) is 2.97. The molecule has 1 aromatic carbocycles. The topological polar surface area (TPSA) is 26.3 Å². The van der Waals surface area contributed by atoms with Gasteiger partial charge in [-0.05, 0) is 41.5 Å². The van der Waals surface area contributed by atoms with E-state index in [1.807, 2.05) is 25.1 Å². The van der Waals surface area contributed by atoms with E-state index in [1.54, 1.807) is 13.8 Å². The summed E-state index contributed by atoms with van der Waals surface area (Å²) < 4.78 is 43.8. The molecule has 0 aromatic heterocycles. The maximum absolute atomic E-state index is 12.5. The fraction of sp³-hybridized carbons (Fsp3) is 0.471. The van der Waals surface area contributed by atoms with Gasteiger partial charge in [0.15, 0.2) is 0 Å². The SMILES string of the molecule is Cc1cc(Br)ccc1COC(=O)[C@H]1[C@@H](/C=C(\Cl)C(F)(F)F)C1(C)C. The van der Waals surface area contributed by atoms with Crippen molar-refractivity contribution >= 4 is 33.5 Å². The van der Waals surface area contributed by atoms with Crippen LogP contribution in [-0.2, 0) is 16.1 Å². The molecular weight excluding hydrogens is 409 g/mol. The molecule has 0 saturated heterocycles. The second-order valence-electron chi connectivity index (χ2n) is 6.52. The van der Waals surface area contributed by atoms with Crippen LogP contribution in [0.15, 0.2) is 33.8 Å². The van der Waals surface area contributed by atoms with Crippen LogP contribution in [0.25, 0.3) is 0 Å². The lowest BCUT2D eigenvalue weighted by atomic mass is 10.1. The minimum atomic E-state index is -4.59. The monoisotopic (exact) mass is 424 g/mol. The zero-order chi connectivity index (χ0) is 18.3. The van der Waals surface area contributed by atoms with Gasteiger partial charge in [-0.15, -0.1) is 0 Å². The molecular formula is C17H17BrClF3O2. The highest BCUT2D eigenvalue weighted by Crippen LogP contribution is 2.60. The molecule has 2 rings (SSSR count). The van der Waals surface area contributed by atoms with E-state index in [0.29, 0.717) is 0 Å². The van der Waals surface area contributed by atoms with Crippen molar-refractivity contribution in [3.8, 4) is 0 Å². The van der Waals surface area contributed by atoms with Gasteiger partial charge in [0.25, 0.3) is 0 Å². The van der Waals surface area contributed by atoms with Crippen LogP contribution in [0.3, 0.4) is 0 Å². The summed E-state index contributed by atoms with van der Waals surface area (Å²) in [6, 6.07) is 5.58. The predicted molar refractivity (Wildman–Crippen MR) is 89.4 cm³/mol. The van der Waals surface area contributed by atoms with Gasteiger partial charge in [-0.2, -0.15) is 13.2 Å². The van der Waals surface area contributed by atoms with Gasteiger partial charge in [0.2, 0.25) is 0 Å². The summed E-state index contributed by atoms with van der Waals surface area (Å²) in [6.45, 7) is 5.44. The fourth-order valence-electron chi connectivity index (χ4n) is 2.75. The molecule has 132 valence electrons. The van der Waals surface area contributed by atoms with Crippen molar-refractivity contribution in [1.82, 2.24) is 0 Å². The molecule has 0 N–H and O–H groups in total. The first-order valence-electron chi connectivity index (χ1n) is 7.30. The van der Waals surface area contributed by atoms with Gasteiger partial charge in [-0.1, -0.05) is 53.5 Å². The number of alkyl halides is 3. The van der Waals surface area contributed by atoms with Crippen LogP contribution in [-0.4, -0.2) is 12.1 Å². The number of esters is 1. The van der Waals surface area contributed by atoms with Gasteiger partial charge in [0.05, 0.1) is 5.92 Å². The zero-order valence-electron chi connectivity index (χ0n) is 13.4. The van der Waals surface area contributed by atoms with E-state index in [4.69, 9.17) is 16.3 Å². The molecule has 0 aliphatic heterocycles. The third kappa shape index (κ3) is 4.14. The minimum absolute atomic E-state index is 0.0912. The standard InChI is InChI=1S/C17H17BrClF3O2/c1-9-6-11(18)5-4-10(9)8-24-15(23)14-12(16(14,2)3)7-13(19)17(20,21)22/h4-7,12,14H,8H2,1-3H3/b13-7-/t12-,14-/m1/s1. The lowest BCUT2D eigenvalue weighted by Gasteiger charge is -2.08. The number of rotatable bonds is 4. The maximum Gasteiger partial charge on any atom is 0.426 e. The number of allylic oxidation sites excluding steroid dienone is 2. The number of hydrogen-bond donors (Lipinski definition) is 0. The molecule has 2 atom stereocenters. The summed E-state index contributed by atoms with van der Waals surface area (Å²) in [5, 5.41) is -1.19. The highest BCUT2D eigenvalue weighted by Gasteiger charge is 2.62. The van der Waals surface area contributed by atoms with Crippen molar-refractivity contribution in [2.24, 2.45) is 17.3 Å². The Morgan fingerprint density at radius 1 is 1.42 bits per heavy atom. The van der Waals surface area contributed by atoms with Gasteiger partial charge in [0, 0.05) is 4.47 Å². The van der Waals surface area contributed by atoms with Crippen molar-refractivity contribution in [3.63, 3.8) is 0 Å². The van der Waals surface area contributed by atoms with Gasteiger partial charge >= 0.3 is 12.1 Å². The highest BCUT2D eigenvalue weighted by molar-refractivity contribution is 9.10. The third-order valence-corrected chi connectivity index (χ3v) is 5.27. The molecule has 0 amide bonds. The zero-order valence-corrected chi connectivity index (χ0v) is 15.7. The quantitative estimate of drug-likeness (QED) is 0.574. The van der Waals surface area contributed by atoms with Crippen LogP contribution >= 0.6 is 27.5 Å². The van der Waals surface area contributed by atoms with Crippen LogP contribution in [0.1, 0.15) is 25.0 Å². The Balaban J connectivity index is 2.02. The number of aryl methyl sites for hydroxylation is 1. The van der Waals surface area contributed by atoms with Crippen LogP contribution in [0.2, 0.25) is 0 Å². The van der Waals surface area contributed by atoms with Crippen molar-refractivity contribution < 1.29 is 22.7 Å². The van der Waals surface area contributed by atoms with E-state index in [0.717, 1.165) is 21.7 Å². The number of carbonyl (C=O) groups excluding carboxylic acids is 1. The van der Waals surface area contributed by atoms with E-state index >= 15 is 0 Å². The Hall–Kier alpha value is -1.01. The first-order chi connectivity index (χ1) is 10.9. The number of hydrogen-bond acceptors (Lipinski definition) is 2. The maximum atomic E-state index is 12.5. The smallest absolute Gasteiger partial charge is 0.426 e. The van der Waals surface area contributed by atoms with Gasteiger partial charge in [0.1, 0.15) is 11.6 Å². The Morgan fingerprint density at radius 3 is 2.58 bits per heavy atom. The van der Waals surface area contributed by atoms with E-state index in [9.17, 15) is 18.0 Å². The van der Waals surface area contributed by atoms with Crippen molar-refractivity contribution in [2.45, 2.75) is 33.6 Å². The molecule has 1 aromatic rings. The minimum Gasteiger partial charge on any atom is -0.461 e. The second-order valence-corrected chi connectivity index (χ2v) is 7.84. The molecule has 0 spiro atoms. The number of ether oxygens (including phenoxy) is 1. The third-order valence-electron chi connectivity index (χ3n) is 4.44. The molecule has 0 bridgehead atoms. The number of carbonyl (C=O) groups is 1. The summed E-state index contributed by atoms with van der Waals surface area (Å²) in [4.78, 5) is 12.2. The Bertz CT molecular complexity index is 683. The molecule has 1 aliphatic rings. The van der Waals surface area contributed by atoms with E-state index in [1.165, 1.54) is 0 Å². The Labute approximate surface area is 152 Å². The van der Waals surface area contributed by atoms with Gasteiger partial charge in [-0.3, -0.25) is 4.79 Å². The van der Waals surface area contributed by atoms with Gasteiger partial charge in [-0.25, -0.2) is 0 Å². The lowest BCUT2D eigenvalue weighted by molar-refractivity contribution is -0.147. The lowest BCUT2D eigenvalue weighted by Crippen LogP contribution is -2.11. The van der Waals surface area contributed by atoms with E-state index < -0.39 is 34.4 Å². The molecule has 24 heavy (non-hydrogen) atoms. The van der Waals surface area contributed by atoms with Crippen molar-refractivity contribution in [1.29, 1.82) is 0 Å². The van der Waals surface area contributed by atoms with Crippen LogP contribution in [0.4, 0.5) is 13.2 Å². The van der Waals surface area contributed by atoms with Crippen LogP contribution in [0, 0.1) is 24.2 Å². The molecule has 0 radical (unpaired) electrons. The van der Waals surface area contributed by atoms with Crippen molar-refractivity contribution in [3.05, 3.63) is 44.9 Å². The molecule has 2 nitrogen and oxygen atoms in total. The Kier molecular flexibility index (Phi) is 5.40. The summed E-state index contributed by atoms with van der Waals surface area (Å²) in [5.41, 5.74) is 1.21. The Morgan fingerprint density at radius 2 is 2.04 bits per heavy atom. The first kappa shape index (κ1) is 19.3. The van der Waals surface area contributed by atoms with Crippen molar-refractivity contribution in [2.75, 3.05) is 0 Å². The first-order valence-corrected chi connectivity index (χ1v) is 8.48. The number of benzene rings is 1. The average molecular weight is 426 g/mol.